The first kappa shape index (κ1) is 19.4. The van der Waals surface area contributed by atoms with E-state index in [1.807, 2.05) is 6.07 Å². The van der Waals surface area contributed by atoms with E-state index in [1.54, 1.807) is 36.4 Å². The van der Waals surface area contributed by atoms with E-state index >= 15 is 0 Å². The fourth-order valence-electron chi connectivity index (χ4n) is 3.72. The zero-order valence-corrected chi connectivity index (χ0v) is 16.0. The molecule has 1 unspecified atom stereocenters. The molecule has 1 aromatic carbocycles. The van der Waals surface area contributed by atoms with Crippen molar-refractivity contribution in [2.24, 2.45) is 0 Å². The van der Waals surface area contributed by atoms with Crippen LogP contribution in [0.25, 0.3) is 0 Å². The van der Waals surface area contributed by atoms with Crippen molar-refractivity contribution in [2.45, 2.75) is 12.5 Å². The van der Waals surface area contributed by atoms with Gasteiger partial charge < -0.3 is 14.1 Å². The first-order chi connectivity index (χ1) is 14.1. The number of carbonyl (C=O) groups excluding carboxylic acids is 3. The third kappa shape index (κ3) is 4.08. The summed E-state index contributed by atoms with van der Waals surface area (Å²) < 4.78 is 10.6. The van der Waals surface area contributed by atoms with Crippen LogP contribution in [0.15, 0.2) is 53.1 Å². The minimum absolute atomic E-state index is 0.0384. The van der Waals surface area contributed by atoms with E-state index in [1.165, 1.54) is 16.1 Å². The molecule has 2 aliphatic heterocycles. The summed E-state index contributed by atoms with van der Waals surface area (Å²) in [4.78, 5) is 43.7. The van der Waals surface area contributed by atoms with Crippen LogP contribution >= 0.6 is 0 Å². The topological polar surface area (TPSA) is 83.3 Å². The average Bonchev–Trinajstić information content (AvgIpc) is 3.38. The normalized spacial score (nSPS) is 20.3. The van der Waals surface area contributed by atoms with Gasteiger partial charge in [0.25, 0.3) is 11.8 Å². The number of nitrogens with zero attached hydrogens (tertiary/aromatic N) is 3. The van der Waals surface area contributed by atoms with Crippen molar-refractivity contribution in [1.82, 2.24) is 9.80 Å². The molecule has 0 saturated carbocycles. The maximum Gasteiger partial charge on any atom is 0.290 e. The van der Waals surface area contributed by atoms with Gasteiger partial charge in [-0.05, 0) is 24.3 Å². The van der Waals surface area contributed by atoms with E-state index < -0.39 is 6.04 Å². The molecule has 0 aliphatic carbocycles. The van der Waals surface area contributed by atoms with Crippen LogP contribution in [-0.4, -0.2) is 73.0 Å². The summed E-state index contributed by atoms with van der Waals surface area (Å²) in [6.45, 7) is 3.77. The minimum Gasteiger partial charge on any atom is -0.459 e. The van der Waals surface area contributed by atoms with Gasteiger partial charge in [0, 0.05) is 26.2 Å². The fraction of sp³-hybridized carbons (Fsp3) is 0.381. The SMILES string of the molecule is O=C1CC(N(CCN2CCOCC2)C(=O)c2ccco2)C(=O)N1c1ccccc1. The second-order valence-electron chi connectivity index (χ2n) is 7.05. The molecular weight excluding hydrogens is 374 g/mol. The van der Waals surface area contributed by atoms with E-state index in [-0.39, 0.29) is 29.9 Å². The number of hydrogen-bond donors (Lipinski definition) is 0. The maximum atomic E-state index is 13.1. The van der Waals surface area contributed by atoms with Gasteiger partial charge in [-0.15, -0.1) is 0 Å². The molecular formula is C21H23N3O5. The summed E-state index contributed by atoms with van der Waals surface area (Å²) in [6.07, 6.45) is 1.38. The summed E-state index contributed by atoms with van der Waals surface area (Å²) in [7, 11) is 0. The number of benzene rings is 1. The number of para-hydroxylation sites is 1. The molecule has 8 heteroatoms. The number of anilines is 1. The molecule has 0 bridgehead atoms. The standard InChI is InChI=1S/C21H23N3O5/c25-19-15-17(20(26)24(19)16-5-2-1-3-6-16)23(21(27)18-7-4-12-29-18)9-8-22-10-13-28-14-11-22/h1-7,12,17H,8-11,13-15H2. The average molecular weight is 397 g/mol. The van der Waals surface area contributed by atoms with Gasteiger partial charge in [0.2, 0.25) is 5.91 Å². The number of amides is 3. The van der Waals surface area contributed by atoms with E-state index in [0.29, 0.717) is 32.0 Å². The summed E-state index contributed by atoms with van der Waals surface area (Å²) in [5.41, 5.74) is 0.517. The molecule has 0 radical (unpaired) electrons. The molecule has 2 saturated heterocycles. The lowest BCUT2D eigenvalue weighted by molar-refractivity contribution is -0.122. The number of hydrogen-bond acceptors (Lipinski definition) is 6. The zero-order valence-electron chi connectivity index (χ0n) is 16.0. The van der Waals surface area contributed by atoms with Crippen molar-refractivity contribution in [3.63, 3.8) is 0 Å². The van der Waals surface area contributed by atoms with Crippen molar-refractivity contribution in [1.29, 1.82) is 0 Å². The van der Waals surface area contributed by atoms with Crippen LogP contribution in [0, 0.1) is 0 Å². The summed E-state index contributed by atoms with van der Waals surface area (Å²) in [5, 5.41) is 0. The van der Waals surface area contributed by atoms with E-state index in [4.69, 9.17) is 9.15 Å². The van der Waals surface area contributed by atoms with Gasteiger partial charge in [-0.1, -0.05) is 18.2 Å². The third-order valence-corrected chi connectivity index (χ3v) is 5.27. The quantitative estimate of drug-likeness (QED) is 0.685. The predicted octanol–water partition coefficient (Wildman–Crippen LogP) is 1.39. The molecule has 2 aromatic rings. The third-order valence-electron chi connectivity index (χ3n) is 5.27. The molecule has 2 aliphatic rings. The van der Waals surface area contributed by atoms with Crippen molar-refractivity contribution in [3.8, 4) is 0 Å². The van der Waals surface area contributed by atoms with Crippen molar-refractivity contribution >= 4 is 23.4 Å². The van der Waals surface area contributed by atoms with E-state index in [2.05, 4.69) is 4.90 Å². The predicted molar refractivity (Wildman–Crippen MR) is 104 cm³/mol. The highest BCUT2D eigenvalue weighted by Crippen LogP contribution is 2.26. The number of ether oxygens (including phenoxy) is 1. The smallest absolute Gasteiger partial charge is 0.290 e. The first-order valence-corrected chi connectivity index (χ1v) is 9.71. The molecule has 0 spiro atoms. The summed E-state index contributed by atoms with van der Waals surface area (Å²) in [6, 6.07) is 11.1. The maximum absolute atomic E-state index is 13.1. The highest BCUT2D eigenvalue weighted by atomic mass is 16.5. The number of carbonyl (C=O) groups is 3. The molecule has 0 N–H and O–H groups in total. The minimum atomic E-state index is -0.846. The highest BCUT2D eigenvalue weighted by molar-refractivity contribution is 6.23. The molecule has 1 atom stereocenters. The zero-order chi connectivity index (χ0) is 20.2. The van der Waals surface area contributed by atoms with Gasteiger partial charge in [-0.3, -0.25) is 19.3 Å². The molecule has 3 heterocycles. The van der Waals surface area contributed by atoms with Crippen molar-refractivity contribution in [2.75, 3.05) is 44.3 Å². The Hall–Kier alpha value is -2.97. The Kier molecular flexibility index (Phi) is 5.73. The van der Waals surface area contributed by atoms with Crippen LogP contribution < -0.4 is 4.90 Å². The van der Waals surface area contributed by atoms with Gasteiger partial charge in [0.15, 0.2) is 5.76 Å². The van der Waals surface area contributed by atoms with Crippen LogP contribution in [-0.2, 0) is 14.3 Å². The van der Waals surface area contributed by atoms with Gasteiger partial charge >= 0.3 is 0 Å². The summed E-state index contributed by atoms with van der Waals surface area (Å²) >= 11 is 0. The highest BCUT2D eigenvalue weighted by Gasteiger charge is 2.44. The summed E-state index contributed by atoms with van der Waals surface area (Å²) in [5.74, 6) is -0.924. The molecule has 2 fully saturated rings. The Morgan fingerprint density at radius 2 is 1.83 bits per heavy atom. The number of furan rings is 1. The van der Waals surface area contributed by atoms with E-state index in [0.717, 1.165) is 13.1 Å². The lowest BCUT2D eigenvalue weighted by Gasteiger charge is -2.31. The van der Waals surface area contributed by atoms with Crippen LogP contribution in [0.3, 0.4) is 0 Å². The second-order valence-corrected chi connectivity index (χ2v) is 7.05. The Morgan fingerprint density at radius 3 is 2.52 bits per heavy atom. The van der Waals surface area contributed by atoms with Crippen LogP contribution in [0.2, 0.25) is 0 Å². The monoisotopic (exact) mass is 397 g/mol. The number of rotatable bonds is 6. The fourth-order valence-corrected chi connectivity index (χ4v) is 3.72. The molecule has 8 nitrogen and oxygen atoms in total. The lowest BCUT2D eigenvalue weighted by Crippen LogP contribution is -2.49. The lowest BCUT2D eigenvalue weighted by atomic mass is 10.2. The molecule has 1 aromatic heterocycles. The van der Waals surface area contributed by atoms with Crippen LogP contribution in [0.5, 0.6) is 0 Å². The second kappa shape index (κ2) is 8.59. The van der Waals surface area contributed by atoms with Gasteiger partial charge in [0.05, 0.1) is 31.6 Å². The molecule has 152 valence electrons. The first-order valence-electron chi connectivity index (χ1n) is 9.71. The number of imide groups is 1. The molecule has 3 amide bonds. The van der Waals surface area contributed by atoms with Crippen LogP contribution in [0.1, 0.15) is 17.0 Å². The van der Waals surface area contributed by atoms with Crippen LogP contribution in [0.4, 0.5) is 5.69 Å². The largest absolute Gasteiger partial charge is 0.459 e. The Balaban J connectivity index is 1.55. The van der Waals surface area contributed by atoms with Crippen molar-refractivity contribution in [3.05, 3.63) is 54.5 Å². The Morgan fingerprint density at radius 1 is 1.07 bits per heavy atom. The van der Waals surface area contributed by atoms with E-state index in [9.17, 15) is 14.4 Å². The number of morpholine rings is 1. The van der Waals surface area contributed by atoms with Gasteiger partial charge in [0.1, 0.15) is 6.04 Å². The van der Waals surface area contributed by atoms with Gasteiger partial charge in [-0.2, -0.15) is 0 Å². The van der Waals surface area contributed by atoms with Gasteiger partial charge in [-0.25, -0.2) is 4.90 Å². The van der Waals surface area contributed by atoms with Crippen molar-refractivity contribution < 1.29 is 23.5 Å². The Labute approximate surface area is 168 Å². The Bertz CT molecular complexity index is 862. The molecule has 29 heavy (non-hydrogen) atoms. The molecule has 4 rings (SSSR count).